The van der Waals surface area contributed by atoms with E-state index in [4.69, 9.17) is 9.84 Å². The van der Waals surface area contributed by atoms with Gasteiger partial charge in [0, 0.05) is 0 Å². The van der Waals surface area contributed by atoms with Crippen LogP contribution in [0.2, 0.25) is 0 Å². The first-order valence-corrected chi connectivity index (χ1v) is 6.95. The highest BCUT2D eigenvalue weighted by Crippen LogP contribution is 2.30. The lowest BCUT2D eigenvalue weighted by Crippen LogP contribution is -2.17. The minimum absolute atomic E-state index is 0.307. The van der Waals surface area contributed by atoms with E-state index in [9.17, 15) is 14.4 Å². The Labute approximate surface area is 126 Å². The van der Waals surface area contributed by atoms with Crippen LogP contribution >= 0.6 is 27.7 Å². The topological polar surface area (TPSA) is 92.7 Å². The molecule has 2 rings (SSSR count). The molecule has 0 saturated carbocycles. The summed E-state index contributed by atoms with van der Waals surface area (Å²) in [5, 5.41) is 10.3. The predicted molar refractivity (Wildman–Crippen MR) is 76.4 cm³/mol. The molecule has 1 saturated heterocycles. The number of thioether (sulfide) groups is 1. The number of rotatable bonds is 4. The number of hydrogen-bond acceptors (Lipinski definition) is 5. The molecule has 8 heteroatoms. The van der Waals surface area contributed by atoms with Gasteiger partial charge < -0.3 is 9.84 Å². The van der Waals surface area contributed by atoms with Crippen molar-refractivity contribution >= 4 is 50.9 Å². The van der Waals surface area contributed by atoms with E-state index in [0.29, 0.717) is 20.7 Å². The van der Waals surface area contributed by atoms with Crippen LogP contribution in [0.15, 0.2) is 27.6 Å². The number of benzene rings is 1. The molecule has 1 aromatic rings. The number of nitrogens with one attached hydrogen (secondary N) is 1. The number of ether oxygens (including phenoxy) is 1. The zero-order chi connectivity index (χ0) is 14.7. The van der Waals surface area contributed by atoms with Gasteiger partial charge in [-0.25, -0.2) is 4.79 Å². The third kappa shape index (κ3) is 3.61. The van der Waals surface area contributed by atoms with E-state index in [0.717, 1.165) is 11.8 Å². The van der Waals surface area contributed by atoms with Gasteiger partial charge in [0.2, 0.25) is 0 Å². The second kappa shape index (κ2) is 6.10. The fourth-order valence-corrected chi connectivity index (χ4v) is 2.63. The van der Waals surface area contributed by atoms with Gasteiger partial charge in [0.25, 0.3) is 11.1 Å². The lowest BCUT2D eigenvalue weighted by atomic mass is 10.2. The first kappa shape index (κ1) is 14.6. The van der Waals surface area contributed by atoms with Crippen molar-refractivity contribution in [1.29, 1.82) is 0 Å². The normalized spacial score (nSPS) is 16.4. The highest BCUT2D eigenvalue weighted by molar-refractivity contribution is 9.10. The Morgan fingerprint density at radius 3 is 2.75 bits per heavy atom. The number of halogens is 1. The third-order valence-corrected chi connectivity index (χ3v) is 3.68. The molecule has 1 heterocycles. The van der Waals surface area contributed by atoms with Crippen molar-refractivity contribution in [2.45, 2.75) is 0 Å². The molecule has 2 amide bonds. The van der Waals surface area contributed by atoms with Crippen molar-refractivity contribution in [3.8, 4) is 5.75 Å². The van der Waals surface area contributed by atoms with Crippen LogP contribution in [0.25, 0.3) is 6.08 Å². The molecule has 0 radical (unpaired) electrons. The number of hydrogen-bond donors (Lipinski definition) is 2. The van der Waals surface area contributed by atoms with E-state index in [1.54, 1.807) is 24.3 Å². The second-order valence-electron chi connectivity index (χ2n) is 3.72. The van der Waals surface area contributed by atoms with Gasteiger partial charge in [-0.2, -0.15) is 0 Å². The molecule has 6 nitrogen and oxygen atoms in total. The molecule has 0 bridgehead atoms. The second-order valence-corrected chi connectivity index (χ2v) is 5.59. The largest absolute Gasteiger partial charge is 0.481 e. The number of aliphatic carboxylic acids is 1. The molecule has 0 unspecified atom stereocenters. The fourth-order valence-electron chi connectivity index (χ4n) is 1.44. The van der Waals surface area contributed by atoms with Crippen molar-refractivity contribution in [2.24, 2.45) is 0 Å². The summed E-state index contributed by atoms with van der Waals surface area (Å²) in [5.41, 5.74) is 0.687. The Kier molecular flexibility index (Phi) is 4.46. The average Bonchev–Trinajstić information content (AvgIpc) is 2.66. The van der Waals surface area contributed by atoms with Gasteiger partial charge in [0.15, 0.2) is 6.61 Å². The Morgan fingerprint density at radius 2 is 2.20 bits per heavy atom. The first-order chi connectivity index (χ1) is 9.45. The lowest BCUT2D eigenvalue weighted by Gasteiger charge is -2.06. The zero-order valence-electron chi connectivity index (χ0n) is 9.88. The van der Waals surface area contributed by atoms with Gasteiger partial charge in [-0.05, 0) is 51.5 Å². The smallest absolute Gasteiger partial charge is 0.341 e. The van der Waals surface area contributed by atoms with Gasteiger partial charge >= 0.3 is 5.97 Å². The van der Waals surface area contributed by atoms with Gasteiger partial charge in [0.1, 0.15) is 5.75 Å². The van der Waals surface area contributed by atoms with E-state index in [1.165, 1.54) is 0 Å². The fraction of sp³-hybridized carbons (Fsp3) is 0.0833. The van der Waals surface area contributed by atoms with Crippen molar-refractivity contribution in [3.63, 3.8) is 0 Å². The number of carboxylic acid groups (broad SMARTS) is 1. The van der Waals surface area contributed by atoms with Crippen LogP contribution in [0.1, 0.15) is 5.56 Å². The van der Waals surface area contributed by atoms with E-state index in [-0.39, 0.29) is 0 Å². The summed E-state index contributed by atoms with van der Waals surface area (Å²) in [6.07, 6.45) is 1.57. The zero-order valence-corrected chi connectivity index (χ0v) is 12.3. The molecule has 1 aliphatic heterocycles. The van der Waals surface area contributed by atoms with Crippen molar-refractivity contribution < 1.29 is 24.2 Å². The van der Waals surface area contributed by atoms with Crippen LogP contribution in [-0.2, 0) is 9.59 Å². The maximum absolute atomic E-state index is 11.4. The average molecular weight is 358 g/mol. The maximum atomic E-state index is 11.4. The van der Waals surface area contributed by atoms with Crippen LogP contribution in [0.5, 0.6) is 5.75 Å². The predicted octanol–water partition coefficient (Wildman–Crippen LogP) is 2.24. The number of carbonyl (C=O) groups is 3. The van der Waals surface area contributed by atoms with E-state index < -0.39 is 23.7 Å². The number of imide groups is 1. The van der Waals surface area contributed by atoms with Gasteiger partial charge in [-0.1, -0.05) is 6.07 Å². The van der Waals surface area contributed by atoms with E-state index in [1.807, 2.05) is 0 Å². The number of carboxylic acids is 1. The maximum Gasteiger partial charge on any atom is 0.341 e. The summed E-state index contributed by atoms with van der Waals surface area (Å²) in [4.78, 5) is 33.2. The Balaban J connectivity index is 2.17. The number of carbonyl (C=O) groups excluding carboxylic acids is 2. The summed E-state index contributed by atoms with van der Waals surface area (Å²) >= 11 is 4.08. The highest BCUT2D eigenvalue weighted by Gasteiger charge is 2.24. The molecule has 20 heavy (non-hydrogen) atoms. The van der Waals surface area contributed by atoms with Crippen molar-refractivity contribution in [3.05, 3.63) is 33.1 Å². The Morgan fingerprint density at radius 1 is 1.45 bits per heavy atom. The molecule has 0 aliphatic carbocycles. The molecule has 1 fully saturated rings. The monoisotopic (exact) mass is 357 g/mol. The van der Waals surface area contributed by atoms with E-state index >= 15 is 0 Å². The molecular weight excluding hydrogens is 350 g/mol. The van der Waals surface area contributed by atoms with Crippen LogP contribution < -0.4 is 10.1 Å². The van der Waals surface area contributed by atoms with Gasteiger partial charge in [0.05, 0.1) is 9.38 Å². The summed E-state index contributed by atoms with van der Waals surface area (Å²) in [6, 6.07) is 4.91. The molecule has 1 aliphatic rings. The number of amides is 2. The van der Waals surface area contributed by atoms with Crippen molar-refractivity contribution in [2.75, 3.05) is 6.61 Å². The molecule has 0 spiro atoms. The molecule has 0 atom stereocenters. The van der Waals surface area contributed by atoms with Gasteiger partial charge in [-0.15, -0.1) is 0 Å². The van der Waals surface area contributed by atoms with E-state index in [2.05, 4.69) is 21.2 Å². The molecule has 104 valence electrons. The highest BCUT2D eigenvalue weighted by atomic mass is 79.9. The minimum Gasteiger partial charge on any atom is -0.481 e. The third-order valence-electron chi connectivity index (χ3n) is 2.25. The van der Waals surface area contributed by atoms with Crippen molar-refractivity contribution in [1.82, 2.24) is 5.32 Å². The summed E-state index contributed by atoms with van der Waals surface area (Å²) in [6.45, 7) is -0.439. The summed E-state index contributed by atoms with van der Waals surface area (Å²) in [5.74, 6) is -1.11. The van der Waals surface area contributed by atoms with Crippen LogP contribution in [-0.4, -0.2) is 28.8 Å². The first-order valence-electron chi connectivity index (χ1n) is 5.34. The standard InChI is InChI=1S/C12H8BrNO5S/c13-7-3-6(1-2-8(7)19-5-10(15)16)4-9-11(17)14-12(18)20-9/h1-4H,5H2,(H,15,16)(H,14,17,18)/b9-4+. The molecule has 2 N–H and O–H groups in total. The van der Waals surface area contributed by atoms with Gasteiger partial charge in [-0.3, -0.25) is 14.9 Å². The van der Waals surface area contributed by atoms with Crippen LogP contribution in [0.4, 0.5) is 4.79 Å². The van der Waals surface area contributed by atoms with Crippen LogP contribution in [0, 0.1) is 0 Å². The molecule has 1 aromatic carbocycles. The molecular formula is C12H8BrNO5S. The molecule has 0 aromatic heterocycles. The van der Waals surface area contributed by atoms with Crippen LogP contribution in [0.3, 0.4) is 0 Å². The SMILES string of the molecule is O=C(O)COc1ccc(/C=C2/SC(=O)NC2=O)cc1Br. The summed E-state index contributed by atoms with van der Waals surface area (Å²) in [7, 11) is 0. The summed E-state index contributed by atoms with van der Waals surface area (Å²) < 4.78 is 5.61. The quantitative estimate of drug-likeness (QED) is 0.802. The Bertz CT molecular complexity index is 628. The minimum atomic E-state index is -1.07. The lowest BCUT2D eigenvalue weighted by molar-refractivity contribution is -0.139. The Hall–Kier alpha value is -1.80.